The summed E-state index contributed by atoms with van der Waals surface area (Å²) in [5.74, 6) is 1.61. The maximum atomic E-state index is 4.40. The Bertz CT molecular complexity index is 325. The molecule has 0 amide bonds. The van der Waals surface area contributed by atoms with E-state index in [0.29, 0.717) is 6.04 Å². The summed E-state index contributed by atoms with van der Waals surface area (Å²) in [4.78, 5) is 11.1. The first-order valence-electron chi connectivity index (χ1n) is 5.36. The van der Waals surface area contributed by atoms with E-state index in [1.807, 2.05) is 12.4 Å². The molecule has 4 heteroatoms. The van der Waals surface area contributed by atoms with E-state index in [2.05, 4.69) is 44.6 Å². The zero-order chi connectivity index (χ0) is 10.8. The van der Waals surface area contributed by atoms with E-state index in [-0.39, 0.29) is 0 Å². The zero-order valence-corrected chi connectivity index (χ0v) is 10.7. The van der Waals surface area contributed by atoms with Gasteiger partial charge in [0.1, 0.15) is 0 Å². The molecule has 1 saturated heterocycles. The smallest absolute Gasteiger partial charge is 0.225 e. The van der Waals surface area contributed by atoms with Crippen LogP contribution in [0, 0.1) is 5.92 Å². The standard InChI is InChI=1S/C11H16BrN3/c1-8-3-4-15(9(8)2)11-13-6-10(5-12)7-14-11/h6-9H,3-5H2,1-2H3. The van der Waals surface area contributed by atoms with Gasteiger partial charge in [-0.3, -0.25) is 0 Å². The summed E-state index contributed by atoms with van der Waals surface area (Å²) in [5.41, 5.74) is 1.12. The molecule has 1 aliphatic heterocycles. The van der Waals surface area contributed by atoms with Crippen LogP contribution >= 0.6 is 15.9 Å². The number of hydrogen-bond donors (Lipinski definition) is 0. The molecule has 0 N–H and O–H groups in total. The van der Waals surface area contributed by atoms with Gasteiger partial charge in [0.05, 0.1) is 0 Å². The molecule has 0 saturated carbocycles. The molecule has 1 aromatic rings. The van der Waals surface area contributed by atoms with Crippen molar-refractivity contribution in [2.75, 3.05) is 11.4 Å². The number of rotatable bonds is 2. The van der Waals surface area contributed by atoms with E-state index >= 15 is 0 Å². The van der Waals surface area contributed by atoms with Crippen LogP contribution in [-0.2, 0) is 5.33 Å². The second-order valence-electron chi connectivity index (χ2n) is 4.22. The van der Waals surface area contributed by atoms with Gasteiger partial charge in [0.25, 0.3) is 0 Å². The van der Waals surface area contributed by atoms with Crippen LogP contribution in [0.3, 0.4) is 0 Å². The maximum absolute atomic E-state index is 4.40. The summed E-state index contributed by atoms with van der Waals surface area (Å²) >= 11 is 3.39. The second kappa shape index (κ2) is 4.47. The molecule has 0 spiro atoms. The van der Waals surface area contributed by atoms with Gasteiger partial charge in [-0.15, -0.1) is 0 Å². The lowest BCUT2D eigenvalue weighted by molar-refractivity contribution is 0.542. The van der Waals surface area contributed by atoms with Gasteiger partial charge in [-0.05, 0) is 24.8 Å². The lowest BCUT2D eigenvalue weighted by atomic mass is 10.1. The normalized spacial score (nSPS) is 25.9. The van der Waals surface area contributed by atoms with Crippen molar-refractivity contribution >= 4 is 21.9 Å². The van der Waals surface area contributed by atoms with Gasteiger partial charge >= 0.3 is 0 Å². The number of hydrogen-bond acceptors (Lipinski definition) is 3. The van der Waals surface area contributed by atoms with E-state index in [9.17, 15) is 0 Å². The van der Waals surface area contributed by atoms with Gasteiger partial charge in [-0.25, -0.2) is 9.97 Å². The van der Waals surface area contributed by atoms with Crippen LogP contribution in [0.5, 0.6) is 0 Å². The summed E-state index contributed by atoms with van der Waals surface area (Å²) in [6.45, 7) is 5.62. The van der Waals surface area contributed by atoms with Crippen molar-refractivity contribution in [3.8, 4) is 0 Å². The lowest BCUT2D eigenvalue weighted by Crippen LogP contribution is -2.30. The molecule has 2 heterocycles. The molecule has 0 aliphatic carbocycles. The fraction of sp³-hybridized carbons (Fsp3) is 0.636. The third-order valence-electron chi connectivity index (χ3n) is 3.24. The molecule has 82 valence electrons. The summed E-state index contributed by atoms with van der Waals surface area (Å²) in [6.07, 6.45) is 5.03. The van der Waals surface area contributed by atoms with Gasteiger partial charge in [0.2, 0.25) is 5.95 Å². The highest BCUT2D eigenvalue weighted by molar-refractivity contribution is 9.08. The first kappa shape index (κ1) is 10.9. The SMILES string of the molecule is CC1CCN(c2ncc(CBr)cn2)C1C. The molecule has 2 rings (SSSR count). The minimum absolute atomic E-state index is 0.555. The van der Waals surface area contributed by atoms with E-state index in [1.54, 1.807) is 0 Å². The van der Waals surface area contributed by atoms with Crippen molar-refractivity contribution in [3.05, 3.63) is 18.0 Å². The average molecular weight is 270 g/mol. The Hall–Kier alpha value is -0.640. The van der Waals surface area contributed by atoms with Crippen LogP contribution in [-0.4, -0.2) is 22.6 Å². The topological polar surface area (TPSA) is 29.0 Å². The Labute approximate surface area is 99.0 Å². The molecule has 1 fully saturated rings. The Morgan fingerprint density at radius 2 is 2.07 bits per heavy atom. The molecule has 1 aromatic heterocycles. The van der Waals surface area contributed by atoms with Crippen molar-refractivity contribution in [1.82, 2.24) is 9.97 Å². The predicted octanol–water partition coefficient (Wildman–Crippen LogP) is 2.61. The molecular formula is C11H16BrN3. The monoisotopic (exact) mass is 269 g/mol. The molecule has 0 aromatic carbocycles. The van der Waals surface area contributed by atoms with E-state index in [1.165, 1.54) is 6.42 Å². The Morgan fingerprint density at radius 3 is 2.53 bits per heavy atom. The van der Waals surface area contributed by atoms with E-state index < -0.39 is 0 Å². The average Bonchev–Trinajstić information content (AvgIpc) is 2.60. The Morgan fingerprint density at radius 1 is 1.40 bits per heavy atom. The molecule has 2 atom stereocenters. The highest BCUT2D eigenvalue weighted by Crippen LogP contribution is 2.26. The van der Waals surface area contributed by atoms with E-state index in [0.717, 1.165) is 29.3 Å². The molecule has 0 radical (unpaired) electrons. The van der Waals surface area contributed by atoms with Crippen molar-refractivity contribution in [3.63, 3.8) is 0 Å². The van der Waals surface area contributed by atoms with Crippen molar-refractivity contribution in [2.45, 2.75) is 31.6 Å². The largest absolute Gasteiger partial charge is 0.338 e. The first-order valence-corrected chi connectivity index (χ1v) is 6.48. The summed E-state index contributed by atoms with van der Waals surface area (Å²) in [6, 6.07) is 0.555. The molecule has 3 nitrogen and oxygen atoms in total. The number of nitrogens with zero attached hydrogens (tertiary/aromatic N) is 3. The zero-order valence-electron chi connectivity index (χ0n) is 9.15. The maximum Gasteiger partial charge on any atom is 0.225 e. The van der Waals surface area contributed by atoms with Crippen LogP contribution in [0.1, 0.15) is 25.8 Å². The molecule has 1 aliphatic rings. The number of aromatic nitrogens is 2. The summed E-state index contributed by atoms with van der Waals surface area (Å²) < 4.78 is 0. The van der Waals surface area contributed by atoms with Gasteiger partial charge in [0.15, 0.2) is 0 Å². The lowest BCUT2D eigenvalue weighted by Gasteiger charge is -2.23. The quantitative estimate of drug-likeness (QED) is 0.773. The van der Waals surface area contributed by atoms with Gasteiger partial charge in [-0.1, -0.05) is 22.9 Å². The fourth-order valence-electron chi connectivity index (χ4n) is 1.94. The van der Waals surface area contributed by atoms with Crippen LogP contribution in [0.4, 0.5) is 5.95 Å². The third-order valence-corrected chi connectivity index (χ3v) is 3.89. The molecule has 15 heavy (non-hydrogen) atoms. The van der Waals surface area contributed by atoms with Crippen LogP contribution in [0.15, 0.2) is 12.4 Å². The Kier molecular flexibility index (Phi) is 3.24. The van der Waals surface area contributed by atoms with Gasteiger partial charge in [-0.2, -0.15) is 0 Å². The number of halogens is 1. The summed E-state index contributed by atoms with van der Waals surface area (Å²) in [7, 11) is 0. The molecule has 2 unspecified atom stereocenters. The Balaban J connectivity index is 2.16. The van der Waals surface area contributed by atoms with Crippen molar-refractivity contribution in [2.24, 2.45) is 5.92 Å². The second-order valence-corrected chi connectivity index (χ2v) is 4.79. The highest BCUT2D eigenvalue weighted by atomic mass is 79.9. The minimum Gasteiger partial charge on any atom is -0.338 e. The molecular weight excluding hydrogens is 254 g/mol. The fourth-order valence-corrected chi connectivity index (χ4v) is 2.23. The predicted molar refractivity (Wildman–Crippen MR) is 65.3 cm³/mol. The third kappa shape index (κ3) is 2.14. The summed E-state index contributed by atoms with van der Waals surface area (Å²) in [5, 5.41) is 0.819. The van der Waals surface area contributed by atoms with Gasteiger partial charge in [0, 0.05) is 30.3 Å². The molecule has 0 bridgehead atoms. The van der Waals surface area contributed by atoms with Crippen LogP contribution in [0.2, 0.25) is 0 Å². The van der Waals surface area contributed by atoms with Crippen molar-refractivity contribution < 1.29 is 0 Å². The highest BCUT2D eigenvalue weighted by Gasteiger charge is 2.28. The number of anilines is 1. The van der Waals surface area contributed by atoms with Gasteiger partial charge < -0.3 is 4.90 Å². The van der Waals surface area contributed by atoms with E-state index in [4.69, 9.17) is 0 Å². The number of alkyl halides is 1. The van der Waals surface area contributed by atoms with Crippen LogP contribution < -0.4 is 4.90 Å². The van der Waals surface area contributed by atoms with Crippen LogP contribution in [0.25, 0.3) is 0 Å². The first-order chi connectivity index (χ1) is 7.22. The van der Waals surface area contributed by atoms with Crippen molar-refractivity contribution in [1.29, 1.82) is 0 Å². The minimum atomic E-state index is 0.555.